The molecule has 2 aromatic carbocycles. The van der Waals surface area contributed by atoms with E-state index in [1.807, 2.05) is 38.1 Å². The van der Waals surface area contributed by atoms with Gasteiger partial charge >= 0.3 is 0 Å². The van der Waals surface area contributed by atoms with E-state index in [1.165, 1.54) is 30.3 Å². The maximum absolute atomic E-state index is 13.4. The highest BCUT2D eigenvalue weighted by atomic mass is 32.2. The predicted molar refractivity (Wildman–Crippen MR) is 118 cm³/mol. The number of aryl methyl sites for hydroxylation is 1. The van der Waals surface area contributed by atoms with Gasteiger partial charge in [-0.25, -0.2) is 12.8 Å². The van der Waals surface area contributed by atoms with Crippen LogP contribution in [0.15, 0.2) is 70.3 Å². The zero-order chi connectivity index (χ0) is 21.7. The number of benzene rings is 2. The lowest BCUT2D eigenvalue weighted by molar-refractivity contribution is -0.120. The van der Waals surface area contributed by atoms with E-state index in [-0.39, 0.29) is 15.9 Å². The van der Waals surface area contributed by atoms with Gasteiger partial charge in [0.2, 0.25) is 5.91 Å². The second-order valence-electron chi connectivity index (χ2n) is 6.86. The Morgan fingerprint density at radius 1 is 1.10 bits per heavy atom. The van der Waals surface area contributed by atoms with Crippen LogP contribution >= 0.6 is 11.3 Å². The monoisotopic (exact) mass is 446 g/mol. The summed E-state index contributed by atoms with van der Waals surface area (Å²) in [6.45, 7) is 3.53. The molecule has 158 valence electrons. The zero-order valence-corrected chi connectivity index (χ0v) is 18.3. The number of amides is 1. The normalized spacial score (nSPS) is 12.4. The van der Waals surface area contributed by atoms with E-state index in [4.69, 9.17) is 0 Å². The van der Waals surface area contributed by atoms with Crippen LogP contribution < -0.4 is 9.62 Å². The first-order valence-electron chi connectivity index (χ1n) is 9.49. The molecule has 0 saturated carbocycles. The van der Waals surface area contributed by atoms with Crippen molar-refractivity contribution in [2.75, 3.05) is 10.8 Å². The molecular weight excluding hydrogens is 423 g/mol. The van der Waals surface area contributed by atoms with Gasteiger partial charge < -0.3 is 5.32 Å². The van der Waals surface area contributed by atoms with Gasteiger partial charge in [-0.1, -0.05) is 42.8 Å². The summed E-state index contributed by atoms with van der Waals surface area (Å²) in [5.41, 5.74) is 2.29. The average Bonchev–Trinajstić information content (AvgIpc) is 3.27. The van der Waals surface area contributed by atoms with Gasteiger partial charge in [0.05, 0.1) is 11.7 Å². The fourth-order valence-electron chi connectivity index (χ4n) is 3.03. The fraction of sp³-hybridized carbons (Fsp3) is 0.227. The Morgan fingerprint density at radius 3 is 2.33 bits per heavy atom. The molecule has 1 amide bonds. The van der Waals surface area contributed by atoms with E-state index < -0.39 is 28.3 Å². The lowest BCUT2D eigenvalue weighted by atomic mass is 10.0. The van der Waals surface area contributed by atoms with Gasteiger partial charge in [-0.2, -0.15) is 0 Å². The molecule has 3 aromatic rings. The second-order valence-corrected chi connectivity index (χ2v) is 9.90. The smallest absolute Gasteiger partial charge is 0.274 e. The molecule has 0 unspecified atom stereocenters. The van der Waals surface area contributed by atoms with Crippen molar-refractivity contribution in [3.8, 4) is 0 Å². The van der Waals surface area contributed by atoms with Crippen molar-refractivity contribution in [1.29, 1.82) is 0 Å². The second kappa shape index (κ2) is 9.40. The predicted octanol–water partition coefficient (Wildman–Crippen LogP) is 4.66. The molecule has 1 aromatic heterocycles. The molecular formula is C22H23FN2O3S2. The van der Waals surface area contributed by atoms with Crippen LogP contribution in [0.1, 0.15) is 30.5 Å². The molecule has 30 heavy (non-hydrogen) atoms. The minimum absolute atomic E-state index is 0.116. The molecule has 0 aliphatic heterocycles. The Kier molecular flexibility index (Phi) is 6.89. The van der Waals surface area contributed by atoms with Crippen molar-refractivity contribution in [3.63, 3.8) is 0 Å². The largest absolute Gasteiger partial charge is 0.348 e. The number of nitrogens with one attached hydrogen (secondary N) is 1. The molecule has 1 N–H and O–H groups in total. The Bertz CT molecular complexity index is 1080. The molecule has 0 fully saturated rings. The number of anilines is 1. The minimum atomic E-state index is -3.96. The maximum Gasteiger partial charge on any atom is 0.274 e. The third-order valence-electron chi connectivity index (χ3n) is 4.66. The number of nitrogens with zero attached hydrogens (tertiary/aromatic N) is 1. The number of hydrogen-bond acceptors (Lipinski definition) is 4. The molecule has 0 saturated heterocycles. The quantitative estimate of drug-likeness (QED) is 0.547. The van der Waals surface area contributed by atoms with Crippen LogP contribution in [0.3, 0.4) is 0 Å². The Morgan fingerprint density at radius 2 is 1.77 bits per heavy atom. The Labute approximate surface area is 180 Å². The summed E-state index contributed by atoms with van der Waals surface area (Å²) in [5.74, 6) is -0.922. The average molecular weight is 447 g/mol. The van der Waals surface area contributed by atoms with E-state index in [9.17, 15) is 17.6 Å². The molecule has 0 aliphatic rings. The highest BCUT2D eigenvalue weighted by molar-refractivity contribution is 7.94. The van der Waals surface area contributed by atoms with Crippen molar-refractivity contribution < 1.29 is 17.6 Å². The molecule has 1 heterocycles. The standard InChI is InChI=1S/C22H23FN2O3S2/c1-3-20(17-8-6-16(2)7-9-17)24-21(26)15-25(19-12-10-18(23)11-13-19)30(27,28)22-5-4-14-29-22/h4-14,20H,3,15H2,1-2H3,(H,24,26)/t20-/m0/s1. The van der Waals surface area contributed by atoms with Crippen LogP contribution in [0.25, 0.3) is 0 Å². The molecule has 0 aliphatic carbocycles. The van der Waals surface area contributed by atoms with Gasteiger partial charge in [0.15, 0.2) is 0 Å². The van der Waals surface area contributed by atoms with Gasteiger partial charge in [0, 0.05) is 0 Å². The lowest BCUT2D eigenvalue weighted by Gasteiger charge is -2.25. The SMILES string of the molecule is CC[C@H](NC(=O)CN(c1ccc(F)cc1)S(=O)(=O)c1cccs1)c1ccc(C)cc1. The van der Waals surface area contributed by atoms with Crippen molar-refractivity contribution in [1.82, 2.24) is 5.32 Å². The van der Waals surface area contributed by atoms with Crippen LogP contribution in [-0.2, 0) is 14.8 Å². The molecule has 8 heteroatoms. The number of carbonyl (C=O) groups is 1. The number of rotatable bonds is 8. The zero-order valence-electron chi connectivity index (χ0n) is 16.7. The topological polar surface area (TPSA) is 66.5 Å². The third kappa shape index (κ3) is 5.06. The van der Waals surface area contributed by atoms with Gasteiger partial charge in [-0.3, -0.25) is 9.10 Å². The highest BCUT2D eigenvalue weighted by Crippen LogP contribution is 2.27. The van der Waals surface area contributed by atoms with Crippen LogP contribution in [0.2, 0.25) is 0 Å². The molecule has 1 atom stereocenters. The Hall–Kier alpha value is -2.71. The van der Waals surface area contributed by atoms with Crippen molar-refractivity contribution in [2.24, 2.45) is 0 Å². The first kappa shape index (κ1) is 22.0. The number of hydrogen-bond donors (Lipinski definition) is 1. The summed E-state index contributed by atoms with van der Waals surface area (Å²) in [6, 6.07) is 15.8. The summed E-state index contributed by atoms with van der Waals surface area (Å²) in [7, 11) is -3.96. The van der Waals surface area contributed by atoms with Crippen LogP contribution in [0, 0.1) is 12.7 Å². The van der Waals surface area contributed by atoms with E-state index in [0.29, 0.717) is 6.42 Å². The molecule has 0 bridgehead atoms. The van der Waals surface area contributed by atoms with Gasteiger partial charge in [0.1, 0.15) is 16.6 Å². The summed E-state index contributed by atoms with van der Waals surface area (Å²) in [5, 5.41) is 4.57. The van der Waals surface area contributed by atoms with Crippen LogP contribution in [0.4, 0.5) is 10.1 Å². The molecule has 0 radical (unpaired) electrons. The van der Waals surface area contributed by atoms with Crippen molar-refractivity contribution >= 4 is 33.0 Å². The summed E-state index contributed by atoms with van der Waals surface area (Å²) >= 11 is 1.06. The van der Waals surface area contributed by atoms with Crippen LogP contribution in [-0.4, -0.2) is 20.9 Å². The van der Waals surface area contributed by atoms with E-state index in [1.54, 1.807) is 11.4 Å². The summed E-state index contributed by atoms with van der Waals surface area (Å²) < 4.78 is 40.8. The minimum Gasteiger partial charge on any atom is -0.348 e. The fourth-order valence-corrected chi connectivity index (χ4v) is 5.56. The number of carbonyl (C=O) groups excluding carboxylic acids is 1. The van der Waals surface area contributed by atoms with E-state index in [2.05, 4.69) is 5.32 Å². The van der Waals surface area contributed by atoms with Gasteiger partial charge in [-0.05, 0) is 54.6 Å². The number of sulfonamides is 1. The van der Waals surface area contributed by atoms with Crippen molar-refractivity contribution in [3.05, 3.63) is 83.0 Å². The van der Waals surface area contributed by atoms with Gasteiger partial charge in [-0.15, -0.1) is 11.3 Å². The third-order valence-corrected chi connectivity index (χ3v) is 7.81. The lowest BCUT2D eigenvalue weighted by Crippen LogP contribution is -2.41. The maximum atomic E-state index is 13.4. The number of halogens is 1. The summed E-state index contributed by atoms with van der Waals surface area (Å²) in [6.07, 6.45) is 0.656. The molecule has 3 rings (SSSR count). The van der Waals surface area contributed by atoms with E-state index >= 15 is 0 Å². The Balaban J connectivity index is 1.86. The highest BCUT2D eigenvalue weighted by Gasteiger charge is 2.28. The first-order valence-corrected chi connectivity index (χ1v) is 11.8. The van der Waals surface area contributed by atoms with Crippen molar-refractivity contribution in [2.45, 2.75) is 30.5 Å². The summed E-state index contributed by atoms with van der Waals surface area (Å²) in [4.78, 5) is 12.8. The molecule has 5 nitrogen and oxygen atoms in total. The molecule has 0 spiro atoms. The van der Waals surface area contributed by atoms with E-state index in [0.717, 1.165) is 26.8 Å². The van der Waals surface area contributed by atoms with Gasteiger partial charge in [0.25, 0.3) is 10.0 Å². The number of thiophene rings is 1. The van der Waals surface area contributed by atoms with Crippen LogP contribution in [0.5, 0.6) is 0 Å². The first-order chi connectivity index (χ1) is 14.3.